The molecule has 166 valence electrons. The molecule has 5 nitrogen and oxygen atoms in total. The molecule has 0 unspecified atom stereocenters. The Balaban J connectivity index is 1.34. The van der Waals surface area contributed by atoms with Crippen LogP contribution in [0.1, 0.15) is 57.7 Å². The van der Waals surface area contributed by atoms with Crippen LogP contribution < -0.4 is 10.6 Å². The first-order valence-electron chi connectivity index (χ1n) is 11.3. The van der Waals surface area contributed by atoms with Gasteiger partial charge in [0.25, 0.3) is 11.8 Å². The molecule has 1 heterocycles. The SMILES string of the molecule is O=C(NCCCCc1ccccc1)c1ccnc(C(=O)NCCCCc2ccccc2)c1. The van der Waals surface area contributed by atoms with Crippen molar-refractivity contribution in [1.29, 1.82) is 0 Å². The molecule has 0 atom stereocenters. The number of benzene rings is 2. The number of aromatic nitrogens is 1. The Bertz CT molecular complexity index is 898. The van der Waals surface area contributed by atoms with Crippen LogP contribution in [0, 0.1) is 0 Å². The molecule has 2 aromatic carbocycles. The van der Waals surface area contributed by atoms with E-state index in [1.54, 1.807) is 12.1 Å². The summed E-state index contributed by atoms with van der Waals surface area (Å²) in [6.07, 6.45) is 7.32. The van der Waals surface area contributed by atoms with Gasteiger partial charge >= 0.3 is 0 Å². The van der Waals surface area contributed by atoms with Gasteiger partial charge in [0.1, 0.15) is 5.69 Å². The zero-order valence-electron chi connectivity index (χ0n) is 18.4. The quantitative estimate of drug-likeness (QED) is 0.414. The lowest BCUT2D eigenvalue weighted by atomic mass is 10.1. The lowest BCUT2D eigenvalue weighted by Gasteiger charge is -2.08. The predicted molar refractivity (Wildman–Crippen MR) is 128 cm³/mol. The molecule has 0 saturated heterocycles. The second-order valence-corrected chi connectivity index (χ2v) is 7.83. The van der Waals surface area contributed by atoms with Gasteiger partial charge in [-0.3, -0.25) is 14.6 Å². The van der Waals surface area contributed by atoms with Crippen molar-refractivity contribution < 1.29 is 9.59 Å². The molecule has 3 aromatic rings. The van der Waals surface area contributed by atoms with E-state index < -0.39 is 0 Å². The molecule has 2 N–H and O–H groups in total. The molecule has 5 heteroatoms. The highest BCUT2D eigenvalue weighted by Crippen LogP contribution is 2.06. The maximum absolute atomic E-state index is 12.4. The maximum Gasteiger partial charge on any atom is 0.269 e. The number of hydrogen-bond donors (Lipinski definition) is 2. The van der Waals surface area contributed by atoms with Crippen LogP contribution in [0.4, 0.5) is 0 Å². The molecule has 0 aliphatic heterocycles. The van der Waals surface area contributed by atoms with Crippen LogP contribution in [0.15, 0.2) is 79.0 Å². The fraction of sp³-hybridized carbons (Fsp3) is 0.296. The zero-order valence-corrected chi connectivity index (χ0v) is 18.4. The third-order valence-corrected chi connectivity index (χ3v) is 5.30. The number of nitrogens with one attached hydrogen (secondary N) is 2. The van der Waals surface area contributed by atoms with E-state index in [-0.39, 0.29) is 17.5 Å². The van der Waals surface area contributed by atoms with E-state index in [4.69, 9.17) is 0 Å². The van der Waals surface area contributed by atoms with Crippen molar-refractivity contribution in [2.45, 2.75) is 38.5 Å². The monoisotopic (exact) mass is 429 g/mol. The Hall–Kier alpha value is -3.47. The molecule has 32 heavy (non-hydrogen) atoms. The van der Waals surface area contributed by atoms with Crippen molar-refractivity contribution in [3.05, 3.63) is 101 Å². The van der Waals surface area contributed by atoms with Crippen LogP contribution in [-0.2, 0) is 12.8 Å². The van der Waals surface area contributed by atoms with Crippen molar-refractivity contribution in [2.75, 3.05) is 13.1 Å². The first-order valence-corrected chi connectivity index (χ1v) is 11.3. The van der Waals surface area contributed by atoms with E-state index in [9.17, 15) is 9.59 Å². The number of nitrogens with zero attached hydrogens (tertiary/aromatic N) is 1. The van der Waals surface area contributed by atoms with Gasteiger partial charge in [0, 0.05) is 24.8 Å². The van der Waals surface area contributed by atoms with Gasteiger partial charge in [0.15, 0.2) is 0 Å². The van der Waals surface area contributed by atoms with Crippen LogP contribution in [0.3, 0.4) is 0 Å². The van der Waals surface area contributed by atoms with Gasteiger partial charge in [-0.2, -0.15) is 0 Å². The minimum atomic E-state index is -0.248. The number of amides is 2. The Morgan fingerprint density at radius 2 is 1.19 bits per heavy atom. The van der Waals surface area contributed by atoms with Crippen molar-refractivity contribution in [2.24, 2.45) is 0 Å². The molecule has 0 bridgehead atoms. The number of carbonyl (C=O) groups excluding carboxylic acids is 2. The number of rotatable bonds is 12. The first-order chi connectivity index (χ1) is 15.7. The molecule has 0 fully saturated rings. The van der Waals surface area contributed by atoms with Gasteiger partial charge in [0.05, 0.1) is 0 Å². The summed E-state index contributed by atoms with van der Waals surface area (Å²) in [4.78, 5) is 28.9. The molecule has 0 spiro atoms. The van der Waals surface area contributed by atoms with Gasteiger partial charge in [-0.05, 0) is 61.8 Å². The Kier molecular flexibility index (Phi) is 9.46. The Morgan fingerprint density at radius 3 is 1.75 bits per heavy atom. The number of hydrogen-bond acceptors (Lipinski definition) is 3. The van der Waals surface area contributed by atoms with E-state index in [0.29, 0.717) is 18.7 Å². The fourth-order valence-electron chi connectivity index (χ4n) is 3.49. The standard InChI is InChI=1S/C27H31N3O2/c31-26(29-18-9-7-15-22-11-3-1-4-12-22)24-17-20-28-25(21-24)27(32)30-19-10-8-16-23-13-5-2-6-14-23/h1-6,11-14,17,20-21H,7-10,15-16,18-19H2,(H,29,31)(H,30,32). The van der Waals surface area contributed by atoms with Crippen LogP contribution >= 0.6 is 0 Å². The predicted octanol–water partition coefficient (Wildman–Crippen LogP) is 4.59. The Labute approximate surface area is 190 Å². The van der Waals surface area contributed by atoms with Crippen LogP contribution in [0.2, 0.25) is 0 Å². The van der Waals surface area contributed by atoms with Crippen molar-refractivity contribution in [3.63, 3.8) is 0 Å². The van der Waals surface area contributed by atoms with Gasteiger partial charge in [-0.1, -0.05) is 60.7 Å². The molecular formula is C27H31N3O2. The minimum absolute atomic E-state index is 0.177. The maximum atomic E-state index is 12.4. The van der Waals surface area contributed by atoms with E-state index >= 15 is 0 Å². The normalized spacial score (nSPS) is 10.5. The van der Waals surface area contributed by atoms with Gasteiger partial charge in [-0.15, -0.1) is 0 Å². The second kappa shape index (κ2) is 13.1. The summed E-state index contributed by atoms with van der Waals surface area (Å²) in [6, 6.07) is 23.8. The van der Waals surface area contributed by atoms with E-state index in [1.165, 1.54) is 17.3 Å². The molecule has 1 aromatic heterocycles. The summed E-state index contributed by atoms with van der Waals surface area (Å²) >= 11 is 0. The third kappa shape index (κ3) is 7.99. The van der Waals surface area contributed by atoms with Crippen LogP contribution in [0.5, 0.6) is 0 Å². The first kappa shape index (κ1) is 23.2. The van der Waals surface area contributed by atoms with Crippen LogP contribution in [-0.4, -0.2) is 29.9 Å². The van der Waals surface area contributed by atoms with E-state index in [1.807, 2.05) is 36.4 Å². The highest BCUT2D eigenvalue weighted by molar-refractivity contribution is 5.98. The lowest BCUT2D eigenvalue weighted by molar-refractivity contribution is 0.0948. The van der Waals surface area contributed by atoms with Crippen molar-refractivity contribution >= 4 is 11.8 Å². The number of aryl methyl sites for hydroxylation is 2. The number of unbranched alkanes of at least 4 members (excludes halogenated alkanes) is 2. The molecule has 0 aliphatic rings. The smallest absolute Gasteiger partial charge is 0.269 e. The van der Waals surface area contributed by atoms with E-state index in [2.05, 4.69) is 39.9 Å². The third-order valence-electron chi connectivity index (χ3n) is 5.30. The highest BCUT2D eigenvalue weighted by Gasteiger charge is 2.11. The number of pyridine rings is 1. The van der Waals surface area contributed by atoms with Crippen LogP contribution in [0.25, 0.3) is 0 Å². The zero-order chi connectivity index (χ0) is 22.4. The molecule has 3 rings (SSSR count). The fourth-order valence-corrected chi connectivity index (χ4v) is 3.49. The summed E-state index contributed by atoms with van der Waals surface area (Å²) in [5.41, 5.74) is 3.34. The topological polar surface area (TPSA) is 71.1 Å². The van der Waals surface area contributed by atoms with Gasteiger partial charge in [0.2, 0.25) is 0 Å². The number of carbonyl (C=O) groups is 2. The summed E-state index contributed by atoms with van der Waals surface area (Å²) in [5, 5.41) is 5.82. The molecule has 2 amide bonds. The van der Waals surface area contributed by atoms with Crippen molar-refractivity contribution in [3.8, 4) is 0 Å². The minimum Gasteiger partial charge on any atom is -0.352 e. The summed E-state index contributed by atoms with van der Waals surface area (Å²) in [5.74, 6) is -0.425. The van der Waals surface area contributed by atoms with Gasteiger partial charge in [-0.25, -0.2) is 0 Å². The molecular weight excluding hydrogens is 398 g/mol. The summed E-state index contributed by atoms with van der Waals surface area (Å²) < 4.78 is 0. The Morgan fingerprint density at radius 1 is 0.656 bits per heavy atom. The molecule has 0 radical (unpaired) electrons. The largest absolute Gasteiger partial charge is 0.352 e. The average Bonchev–Trinajstić information content (AvgIpc) is 2.84. The van der Waals surface area contributed by atoms with Crippen molar-refractivity contribution in [1.82, 2.24) is 15.6 Å². The average molecular weight is 430 g/mol. The highest BCUT2D eigenvalue weighted by atomic mass is 16.2. The van der Waals surface area contributed by atoms with Gasteiger partial charge < -0.3 is 10.6 Å². The second-order valence-electron chi connectivity index (χ2n) is 7.83. The van der Waals surface area contributed by atoms with E-state index in [0.717, 1.165) is 38.5 Å². The molecule has 0 saturated carbocycles. The molecule has 0 aliphatic carbocycles. The summed E-state index contributed by atoms with van der Waals surface area (Å²) in [6.45, 7) is 1.20. The summed E-state index contributed by atoms with van der Waals surface area (Å²) in [7, 11) is 0. The lowest BCUT2D eigenvalue weighted by Crippen LogP contribution is -2.27.